The molecule has 3 rings (SSSR count). The Morgan fingerprint density at radius 2 is 2.00 bits per heavy atom. The largest absolute Gasteiger partial charge is 0.506 e. The summed E-state index contributed by atoms with van der Waals surface area (Å²) in [5.41, 5.74) is 2.57. The second kappa shape index (κ2) is 7.73. The molecule has 0 radical (unpaired) electrons. The first kappa shape index (κ1) is 16.9. The van der Waals surface area contributed by atoms with E-state index in [-0.39, 0.29) is 17.7 Å². The fraction of sp³-hybridized carbons (Fsp3) is 0.421. The predicted molar refractivity (Wildman–Crippen MR) is 90.1 cm³/mol. The normalized spacial score (nSPS) is 17.5. The zero-order chi connectivity index (χ0) is 16.9. The number of rotatable bonds is 6. The highest BCUT2D eigenvalue weighted by Gasteiger charge is 2.21. The van der Waals surface area contributed by atoms with Gasteiger partial charge in [0.05, 0.1) is 11.8 Å². The SMILES string of the molecule is Cc1ccc(O)c(CN(Cc2ccc(F)cc2)C[C@H]2CCCO2)n1. The topological polar surface area (TPSA) is 45.6 Å². The van der Waals surface area contributed by atoms with Gasteiger partial charge in [-0.25, -0.2) is 4.39 Å². The Bertz CT molecular complexity index is 670. The van der Waals surface area contributed by atoms with Gasteiger partial charge in [0.2, 0.25) is 0 Å². The summed E-state index contributed by atoms with van der Waals surface area (Å²) in [5, 5.41) is 10.1. The van der Waals surface area contributed by atoms with E-state index in [4.69, 9.17) is 4.74 Å². The van der Waals surface area contributed by atoms with Crippen molar-refractivity contribution in [2.75, 3.05) is 13.2 Å². The summed E-state index contributed by atoms with van der Waals surface area (Å²) in [6.45, 7) is 4.68. The van der Waals surface area contributed by atoms with Crippen molar-refractivity contribution in [3.8, 4) is 5.75 Å². The van der Waals surface area contributed by atoms with E-state index in [1.165, 1.54) is 12.1 Å². The average molecular weight is 330 g/mol. The van der Waals surface area contributed by atoms with E-state index in [1.54, 1.807) is 24.3 Å². The molecule has 128 valence electrons. The lowest BCUT2D eigenvalue weighted by Crippen LogP contribution is -2.31. The van der Waals surface area contributed by atoms with Crippen LogP contribution in [0.2, 0.25) is 0 Å². The van der Waals surface area contributed by atoms with E-state index in [0.29, 0.717) is 18.8 Å². The number of halogens is 1. The molecule has 5 heteroatoms. The molecule has 1 N–H and O–H groups in total. The van der Waals surface area contributed by atoms with Gasteiger partial charge < -0.3 is 9.84 Å². The van der Waals surface area contributed by atoms with Gasteiger partial charge in [0.15, 0.2) is 0 Å². The molecule has 4 nitrogen and oxygen atoms in total. The highest BCUT2D eigenvalue weighted by molar-refractivity contribution is 5.27. The van der Waals surface area contributed by atoms with E-state index in [9.17, 15) is 9.50 Å². The quantitative estimate of drug-likeness (QED) is 0.881. The number of aryl methyl sites for hydroxylation is 1. The monoisotopic (exact) mass is 330 g/mol. The summed E-state index contributed by atoms with van der Waals surface area (Å²) in [5.74, 6) is -0.0283. The highest BCUT2D eigenvalue weighted by atomic mass is 19.1. The Hall–Kier alpha value is -1.98. The zero-order valence-electron chi connectivity index (χ0n) is 13.9. The first-order valence-electron chi connectivity index (χ1n) is 8.34. The van der Waals surface area contributed by atoms with Crippen LogP contribution in [0.15, 0.2) is 36.4 Å². The maximum atomic E-state index is 13.1. The van der Waals surface area contributed by atoms with Crippen LogP contribution in [0.25, 0.3) is 0 Å². The molecular formula is C19H23FN2O2. The Morgan fingerprint density at radius 1 is 1.21 bits per heavy atom. The second-order valence-corrected chi connectivity index (χ2v) is 6.35. The molecule has 2 heterocycles. The van der Waals surface area contributed by atoms with Crippen LogP contribution in [0.1, 0.15) is 29.8 Å². The van der Waals surface area contributed by atoms with Crippen molar-refractivity contribution < 1.29 is 14.2 Å². The van der Waals surface area contributed by atoms with E-state index >= 15 is 0 Å². The summed E-state index contributed by atoms with van der Waals surface area (Å²) < 4.78 is 18.9. The zero-order valence-corrected chi connectivity index (χ0v) is 13.9. The van der Waals surface area contributed by atoms with Crippen molar-refractivity contribution in [1.29, 1.82) is 0 Å². The molecule has 1 aromatic heterocycles. The lowest BCUT2D eigenvalue weighted by atomic mass is 10.1. The number of benzene rings is 1. The van der Waals surface area contributed by atoms with Crippen LogP contribution < -0.4 is 0 Å². The van der Waals surface area contributed by atoms with Crippen molar-refractivity contribution >= 4 is 0 Å². The Morgan fingerprint density at radius 3 is 2.71 bits per heavy atom. The molecular weight excluding hydrogens is 307 g/mol. The molecule has 1 fully saturated rings. The molecule has 1 saturated heterocycles. The van der Waals surface area contributed by atoms with Gasteiger partial charge in [0.1, 0.15) is 11.6 Å². The number of hydrogen-bond acceptors (Lipinski definition) is 4. The maximum Gasteiger partial charge on any atom is 0.138 e. The van der Waals surface area contributed by atoms with Crippen LogP contribution >= 0.6 is 0 Å². The van der Waals surface area contributed by atoms with Gasteiger partial charge in [-0.1, -0.05) is 12.1 Å². The van der Waals surface area contributed by atoms with Crippen molar-refractivity contribution in [2.45, 2.75) is 39.0 Å². The molecule has 0 amide bonds. The Balaban J connectivity index is 1.75. The molecule has 0 unspecified atom stereocenters. The molecule has 0 bridgehead atoms. The van der Waals surface area contributed by atoms with Crippen molar-refractivity contribution in [3.63, 3.8) is 0 Å². The van der Waals surface area contributed by atoms with Crippen LogP contribution in [-0.2, 0) is 17.8 Å². The fourth-order valence-corrected chi connectivity index (χ4v) is 3.04. The van der Waals surface area contributed by atoms with E-state index in [0.717, 1.165) is 37.3 Å². The van der Waals surface area contributed by atoms with Gasteiger partial charge in [-0.3, -0.25) is 9.88 Å². The van der Waals surface area contributed by atoms with Gasteiger partial charge in [-0.15, -0.1) is 0 Å². The molecule has 1 aliphatic heterocycles. The third-order valence-corrected chi connectivity index (χ3v) is 4.27. The molecule has 1 atom stereocenters. The van der Waals surface area contributed by atoms with Gasteiger partial charge in [-0.2, -0.15) is 0 Å². The minimum Gasteiger partial charge on any atom is -0.506 e. The van der Waals surface area contributed by atoms with Crippen LogP contribution in [0, 0.1) is 12.7 Å². The predicted octanol–water partition coefficient (Wildman–Crippen LogP) is 3.42. The smallest absolute Gasteiger partial charge is 0.138 e. The molecule has 24 heavy (non-hydrogen) atoms. The fourth-order valence-electron chi connectivity index (χ4n) is 3.04. The maximum absolute atomic E-state index is 13.1. The van der Waals surface area contributed by atoms with Gasteiger partial charge in [0, 0.05) is 31.9 Å². The molecule has 0 saturated carbocycles. The number of nitrogens with zero attached hydrogens (tertiary/aromatic N) is 2. The summed E-state index contributed by atoms with van der Waals surface area (Å²) in [4.78, 5) is 6.65. The first-order chi connectivity index (χ1) is 11.6. The van der Waals surface area contributed by atoms with Crippen molar-refractivity contribution in [3.05, 3.63) is 59.2 Å². The number of ether oxygens (including phenoxy) is 1. The van der Waals surface area contributed by atoms with E-state index in [2.05, 4.69) is 9.88 Å². The molecule has 1 aromatic carbocycles. The van der Waals surface area contributed by atoms with Crippen LogP contribution in [0.4, 0.5) is 4.39 Å². The summed E-state index contributed by atoms with van der Waals surface area (Å²) >= 11 is 0. The highest BCUT2D eigenvalue weighted by Crippen LogP contribution is 2.21. The van der Waals surface area contributed by atoms with Crippen LogP contribution in [-0.4, -0.2) is 34.2 Å². The second-order valence-electron chi connectivity index (χ2n) is 6.35. The van der Waals surface area contributed by atoms with Crippen LogP contribution in [0.5, 0.6) is 5.75 Å². The summed E-state index contributed by atoms with van der Waals surface area (Å²) in [7, 11) is 0. The van der Waals surface area contributed by atoms with E-state index in [1.807, 2.05) is 6.92 Å². The molecule has 0 aliphatic carbocycles. The first-order valence-corrected chi connectivity index (χ1v) is 8.34. The Labute approximate surface area is 141 Å². The standard InChI is InChI=1S/C19H23FN2O2/c1-14-4-9-19(23)18(21-14)13-22(12-17-3-2-10-24-17)11-15-5-7-16(20)8-6-15/h4-9,17,23H,2-3,10-13H2,1H3/t17-/m1/s1. The average Bonchev–Trinajstić information content (AvgIpc) is 3.06. The van der Waals surface area contributed by atoms with Crippen molar-refractivity contribution in [2.24, 2.45) is 0 Å². The third kappa shape index (κ3) is 4.52. The molecule has 1 aliphatic rings. The third-order valence-electron chi connectivity index (χ3n) is 4.27. The minimum atomic E-state index is -0.234. The number of pyridine rings is 1. The summed E-state index contributed by atoms with van der Waals surface area (Å²) in [6, 6.07) is 10.0. The van der Waals surface area contributed by atoms with Crippen molar-refractivity contribution in [1.82, 2.24) is 9.88 Å². The van der Waals surface area contributed by atoms with E-state index < -0.39 is 0 Å². The van der Waals surface area contributed by atoms with Gasteiger partial charge in [-0.05, 0) is 49.6 Å². The van der Waals surface area contributed by atoms with Crippen LogP contribution in [0.3, 0.4) is 0 Å². The number of aromatic hydroxyl groups is 1. The minimum absolute atomic E-state index is 0.206. The number of aromatic nitrogens is 1. The molecule has 0 spiro atoms. The summed E-state index contributed by atoms with van der Waals surface area (Å²) in [6.07, 6.45) is 2.34. The van der Waals surface area contributed by atoms with Gasteiger partial charge >= 0.3 is 0 Å². The lowest BCUT2D eigenvalue weighted by Gasteiger charge is -2.25. The van der Waals surface area contributed by atoms with Gasteiger partial charge in [0.25, 0.3) is 0 Å². The Kier molecular flexibility index (Phi) is 5.43. The number of hydrogen-bond donors (Lipinski definition) is 1. The lowest BCUT2D eigenvalue weighted by molar-refractivity contribution is 0.0671. The molecule has 2 aromatic rings.